The molecule has 0 heterocycles. The average molecular weight is 303 g/mol. The Hall–Kier alpha value is 0.541. The van der Waals surface area contributed by atoms with Gasteiger partial charge in [0, 0.05) is 5.54 Å². The topological polar surface area (TPSA) is 9.23 Å². The second kappa shape index (κ2) is 7.97. The maximum absolute atomic E-state index is 12.5. The zero-order valence-corrected chi connectivity index (χ0v) is 14.4. The first-order chi connectivity index (χ1) is 7.84. The predicted molar refractivity (Wildman–Crippen MR) is 65.0 cm³/mol. The van der Waals surface area contributed by atoms with Gasteiger partial charge in [0.1, 0.15) is 12.4 Å². The third kappa shape index (κ3) is 5.67. The first-order valence-electron chi connectivity index (χ1n) is 5.03. The summed E-state index contributed by atoms with van der Waals surface area (Å²) in [5.41, 5.74) is 1.76. The average Bonchev–Trinajstić information content (AvgIpc) is 2.24. The van der Waals surface area contributed by atoms with Crippen molar-refractivity contribution in [2.24, 2.45) is 0 Å². The molecule has 0 atom stereocenters. The van der Waals surface area contributed by atoms with Gasteiger partial charge in [-0.2, -0.15) is 0 Å². The van der Waals surface area contributed by atoms with E-state index < -0.39 is 12.4 Å². The molecule has 0 spiro atoms. The van der Waals surface area contributed by atoms with Gasteiger partial charge in [-0.3, -0.25) is 0 Å². The van der Waals surface area contributed by atoms with Gasteiger partial charge in [0.25, 0.3) is 0 Å². The van der Waals surface area contributed by atoms with Gasteiger partial charge in [-0.1, -0.05) is 23.2 Å². The SMILES string of the molecule is C/C(=C/Cl)COc1ccc([B-](F)(F)F)c(C)c1.[K+]. The zero-order valence-electron chi connectivity index (χ0n) is 10.5. The minimum Gasteiger partial charge on any atom is -0.489 e. The van der Waals surface area contributed by atoms with Crippen molar-refractivity contribution in [3.05, 3.63) is 34.9 Å². The molecule has 0 aliphatic rings. The van der Waals surface area contributed by atoms with Crippen molar-refractivity contribution in [3.63, 3.8) is 0 Å². The first-order valence-corrected chi connectivity index (χ1v) is 5.47. The standard InChI is InChI=1S/C11H12BClF3O.K/c1-8(6-13)7-17-10-3-4-11(9(2)5-10)12(14,15)16;/h3-6H,7H2,1-2H3;/q-1;+1/b8-6-;. The Morgan fingerprint density at radius 3 is 2.44 bits per heavy atom. The van der Waals surface area contributed by atoms with E-state index in [1.807, 2.05) is 0 Å². The summed E-state index contributed by atoms with van der Waals surface area (Å²) in [4.78, 5) is 0. The van der Waals surface area contributed by atoms with Crippen LogP contribution in [0.25, 0.3) is 0 Å². The second-order valence-corrected chi connectivity index (χ2v) is 4.06. The number of hydrogen-bond acceptors (Lipinski definition) is 1. The summed E-state index contributed by atoms with van der Waals surface area (Å²) in [5, 5.41) is 0. The van der Waals surface area contributed by atoms with E-state index >= 15 is 0 Å². The first kappa shape index (κ1) is 18.5. The number of ether oxygens (including phenoxy) is 1. The molecule has 0 unspecified atom stereocenters. The van der Waals surface area contributed by atoms with E-state index in [-0.39, 0.29) is 63.6 Å². The number of aryl methyl sites for hydroxylation is 1. The molecule has 94 valence electrons. The molecule has 0 fully saturated rings. The Labute approximate surface area is 152 Å². The molecule has 1 nitrogen and oxygen atoms in total. The molecule has 0 aliphatic carbocycles. The van der Waals surface area contributed by atoms with Crippen molar-refractivity contribution < 1.29 is 69.1 Å². The van der Waals surface area contributed by atoms with Gasteiger partial charge in [0.05, 0.1) is 0 Å². The molecule has 0 aliphatic heterocycles. The van der Waals surface area contributed by atoms with Crippen molar-refractivity contribution >= 4 is 24.0 Å². The van der Waals surface area contributed by atoms with Gasteiger partial charge in [0.15, 0.2) is 0 Å². The molecule has 0 N–H and O–H groups in total. The van der Waals surface area contributed by atoms with Crippen LogP contribution in [0.1, 0.15) is 12.5 Å². The fourth-order valence-corrected chi connectivity index (χ4v) is 1.40. The van der Waals surface area contributed by atoms with E-state index in [9.17, 15) is 12.9 Å². The van der Waals surface area contributed by atoms with Crippen LogP contribution in [0.4, 0.5) is 12.9 Å². The largest absolute Gasteiger partial charge is 1.00 e. The van der Waals surface area contributed by atoms with Crippen LogP contribution in [0.5, 0.6) is 5.75 Å². The van der Waals surface area contributed by atoms with Gasteiger partial charge in [-0.25, -0.2) is 0 Å². The summed E-state index contributed by atoms with van der Waals surface area (Å²) in [5.74, 6) is 0.407. The quantitative estimate of drug-likeness (QED) is 0.739. The Balaban J connectivity index is 0.00000289. The van der Waals surface area contributed by atoms with E-state index in [0.29, 0.717) is 5.75 Å². The molecule has 1 rings (SSSR count). The van der Waals surface area contributed by atoms with Crippen LogP contribution < -0.4 is 61.6 Å². The Bertz CT molecular complexity index is 435. The van der Waals surface area contributed by atoms with Crippen LogP contribution in [0, 0.1) is 6.92 Å². The van der Waals surface area contributed by atoms with E-state index in [4.69, 9.17) is 16.3 Å². The molecule has 0 saturated carbocycles. The molecule has 0 amide bonds. The number of hydrogen-bond donors (Lipinski definition) is 0. The zero-order chi connectivity index (χ0) is 13.1. The summed E-state index contributed by atoms with van der Waals surface area (Å²) in [6, 6.07) is 3.75. The maximum atomic E-state index is 12.5. The molecule has 0 saturated heterocycles. The Morgan fingerprint density at radius 1 is 1.39 bits per heavy atom. The molecular formula is C11H12BClF3KO. The third-order valence-corrected chi connectivity index (χ3v) is 2.62. The fraction of sp³-hybridized carbons (Fsp3) is 0.273. The van der Waals surface area contributed by atoms with Crippen LogP contribution in [-0.4, -0.2) is 13.6 Å². The fourth-order valence-electron chi connectivity index (χ4n) is 1.33. The van der Waals surface area contributed by atoms with Crippen LogP contribution in [-0.2, 0) is 0 Å². The third-order valence-electron chi connectivity index (χ3n) is 2.25. The number of halogens is 4. The van der Waals surface area contributed by atoms with Crippen LogP contribution >= 0.6 is 11.6 Å². The molecule has 18 heavy (non-hydrogen) atoms. The van der Waals surface area contributed by atoms with Gasteiger partial charge < -0.3 is 17.7 Å². The van der Waals surface area contributed by atoms with Crippen LogP contribution in [0.15, 0.2) is 29.3 Å². The minimum atomic E-state index is -4.96. The summed E-state index contributed by atoms with van der Waals surface area (Å²) >= 11 is 5.45. The monoisotopic (exact) mass is 302 g/mol. The summed E-state index contributed by atoms with van der Waals surface area (Å²) in [6.07, 6.45) is 0. The van der Waals surface area contributed by atoms with Gasteiger partial charge >= 0.3 is 58.4 Å². The van der Waals surface area contributed by atoms with Crippen molar-refractivity contribution in [2.75, 3.05) is 6.61 Å². The normalized spacial score (nSPS) is 12.0. The number of benzene rings is 1. The van der Waals surface area contributed by atoms with E-state index in [1.54, 1.807) is 6.92 Å². The summed E-state index contributed by atoms with van der Waals surface area (Å²) in [6.45, 7) is -1.51. The molecular weight excluding hydrogens is 290 g/mol. The molecule has 7 heteroatoms. The smallest absolute Gasteiger partial charge is 0.489 e. The number of rotatable bonds is 4. The Kier molecular flexibility index (Phi) is 8.21. The molecule has 0 aromatic heterocycles. The van der Waals surface area contributed by atoms with Crippen molar-refractivity contribution in [1.29, 1.82) is 0 Å². The van der Waals surface area contributed by atoms with E-state index in [0.717, 1.165) is 11.6 Å². The minimum absolute atomic E-state index is 0. The van der Waals surface area contributed by atoms with Crippen molar-refractivity contribution in [3.8, 4) is 5.75 Å². The van der Waals surface area contributed by atoms with Gasteiger partial charge in [0.2, 0.25) is 0 Å². The summed E-state index contributed by atoms with van der Waals surface area (Å²) < 4.78 is 42.9. The Morgan fingerprint density at radius 2 is 2.00 bits per heavy atom. The van der Waals surface area contributed by atoms with E-state index in [1.165, 1.54) is 24.6 Å². The van der Waals surface area contributed by atoms with Crippen molar-refractivity contribution in [1.82, 2.24) is 0 Å². The van der Waals surface area contributed by atoms with Crippen LogP contribution in [0.3, 0.4) is 0 Å². The molecule has 0 bridgehead atoms. The predicted octanol–water partition coefficient (Wildman–Crippen LogP) is 0.575. The van der Waals surface area contributed by atoms with Gasteiger partial charge in [-0.15, -0.1) is 5.46 Å². The molecule has 0 radical (unpaired) electrons. The van der Waals surface area contributed by atoms with E-state index in [2.05, 4.69) is 0 Å². The molecule has 1 aromatic carbocycles. The van der Waals surface area contributed by atoms with Crippen LogP contribution in [0.2, 0.25) is 0 Å². The van der Waals surface area contributed by atoms with Gasteiger partial charge in [-0.05, 0) is 31.6 Å². The summed E-state index contributed by atoms with van der Waals surface area (Å²) in [7, 11) is 0. The van der Waals surface area contributed by atoms with Crippen molar-refractivity contribution in [2.45, 2.75) is 13.8 Å². The second-order valence-electron chi connectivity index (χ2n) is 3.84. The maximum Gasteiger partial charge on any atom is 1.00 e. The molecule has 1 aromatic rings.